The van der Waals surface area contributed by atoms with Crippen molar-refractivity contribution in [2.45, 2.75) is 38.3 Å². The predicted octanol–water partition coefficient (Wildman–Crippen LogP) is 2.64. The van der Waals surface area contributed by atoms with Gasteiger partial charge in [-0.15, -0.1) is 0 Å². The zero-order valence-corrected chi connectivity index (χ0v) is 11.0. The molecule has 1 aromatic rings. The quantitative estimate of drug-likeness (QED) is 0.839. The van der Waals surface area contributed by atoms with Crippen molar-refractivity contribution in [1.29, 1.82) is 5.26 Å². The molecular formula is C15H17FN2O. The van der Waals surface area contributed by atoms with E-state index in [2.05, 4.69) is 4.90 Å². The third-order valence-corrected chi connectivity index (χ3v) is 3.74. The van der Waals surface area contributed by atoms with Gasteiger partial charge in [-0.1, -0.05) is 6.07 Å². The summed E-state index contributed by atoms with van der Waals surface area (Å²) < 4.78 is 13.8. The molecule has 4 heteroatoms. The Morgan fingerprint density at radius 1 is 1.42 bits per heavy atom. The van der Waals surface area contributed by atoms with E-state index in [4.69, 9.17) is 5.26 Å². The lowest BCUT2D eigenvalue weighted by atomic mass is 9.93. The summed E-state index contributed by atoms with van der Waals surface area (Å²) in [6, 6.07) is 6.84. The van der Waals surface area contributed by atoms with E-state index in [1.54, 1.807) is 12.1 Å². The number of carbonyl (C=O) groups is 1. The van der Waals surface area contributed by atoms with Crippen molar-refractivity contribution in [2.24, 2.45) is 0 Å². The summed E-state index contributed by atoms with van der Waals surface area (Å²) in [5.41, 5.74) is 0.936. The lowest BCUT2D eigenvalue weighted by molar-refractivity contribution is -0.121. The smallest absolute Gasteiger partial charge is 0.133 e. The first-order chi connectivity index (χ1) is 9.10. The molecule has 0 saturated heterocycles. The Kier molecular flexibility index (Phi) is 4.28. The largest absolute Gasteiger partial charge is 0.300 e. The van der Waals surface area contributed by atoms with Crippen molar-refractivity contribution < 1.29 is 9.18 Å². The predicted molar refractivity (Wildman–Crippen MR) is 69.8 cm³/mol. The number of hydrogen-bond acceptors (Lipinski definition) is 3. The van der Waals surface area contributed by atoms with Crippen LogP contribution in [0.15, 0.2) is 18.2 Å². The van der Waals surface area contributed by atoms with Crippen LogP contribution in [0.2, 0.25) is 0 Å². The maximum atomic E-state index is 13.8. The summed E-state index contributed by atoms with van der Waals surface area (Å²) in [6.07, 6.45) is 2.97. The molecule has 0 spiro atoms. The first-order valence-corrected chi connectivity index (χ1v) is 6.50. The van der Waals surface area contributed by atoms with Gasteiger partial charge in [-0.25, -0.2) is 4.39 Å². The molecule has 100 valence electrons. The molecule has 3 nitrogen and oxygen atoms in total. The fourth-order valence-electron chi connectivity index (χ4n) is 2.51. The van der Waals surface area contributed by atoms with Gasteiger partial charge in [0, 0.05) is 31.0 Å². The third-order valence-electron chi connectivity index (χ3n) is 3.74. The summed E-state index contributed by atoms with van der Waals surface area (Å²) in [7, 11) is 1.96. The SMILES string of the molecule is CN(Cc1ccc(C#N)cc1F)C1CCC(=O)CC1. The van der Waals surface area contributed by atoms with Crippen LogP contribution in [-0.2, 0) is 11.3 Å². The molecule has 0 heterocycles. The molecule has 0 amide bonds. The number of carbonyl (C=O) groups excluding carboxylic acids is 1. The second-order valence-electron chi connectivity index (χ2n) is 5.10. The molecule has 1 aliphatic carbocycles. The molecule has 0 N–H and O–H groups in total. The summed E-state index contributed by atoms with van der Waals surface area (Å²) in [6.45, 7) is 0.510. The Labute approximate surface area is 112 Å². The van der Waals surface area contributed by atoms with Gasteiger partial charge in [0.15, 0.2) is 0 Å². The Morgan fingerprint density at radius 3 is 2.68 bits per heavy atom. The Bertz CT molecular complexity index is 511. The van der Waals surface area contributed by atoms with Crippen LogP contribution in [0, 0.1) is 17.1 Å². The average Bonchev–Trinajstić information content (AvgIpc) is 2.41. The van der Waals surface area contributed by atoms with Gasteiger partial charge in [-0.2, -0.15) is 5.26 Å². The van der Waals surface area contributed by atoms with Gasteiger partial charge in [0.2, 0.25) is 0 Å². The van der Waals surface area contributed by atoms with Gasteiger partial charge < -0.3 is 0 Å². The number of nitriles is 1. The molecule has 0 radical (unpaired) electrons. The zero-order valence-electron chi connectivity index (χ0n) is 11.0. The molecule has 1 fully saturated rings. The van der Waals surface area contributed by atoms with Crippen LogP contribution >= 0.6 is 0 Å². The Hall–Kier alpha value is -1.73. The number of halogens is 1. The molecule has 0 atom stereocenters. The van der Waals surface area contributed by atoms with E-state index in [1.165, 1.54) is 6.07 Å². The molecule has 1 aromatic carbocycles. The summed E-state index contributed by atoms with van der Waals surface area (Å²) in [5.74, 6) is -0.00742. The minimum atomic E-state index is -0.335. The van der Waals surface area contributed by atoms with Gasteiger partial charge >= 0.3 is 0 Å². The van der Waals surface area contributed by atoms with Crippen molar-refractivity contribution in [3.63, 3.8) is 0 Å². The van der Waals surface area contributed by atoms with Gasteiger partial charge in [0.1, 0.15) is 11.6 Å². The summed E-state index contributed by atoms with van der Waals surface area (Å²) in [4.78, 5) is 13.3. The van der Waals surface area contributed by atoms with Gasteiger partial charge in [-0.3, -0.25) is 9.69 Å². The van der Waals surface area contributed by atoms with E-state index in [0.29, 0.717) is 42.3 Å². The number of Topliss-reactive ketones (excluding diaryl/α,β-unsaturated/α-hetero) is 1. The van der Waals surface area contributed by atoms with Crippen LogP contribution in [0.5, 0.6) is 0 Å². The molecule has 2 rings (SSSR count). The van der Waals surface area contributed by atoms with E-state index in [1.807, 2.05) is 13.1 Å². The van der Waals surface area contributed by atoms with Gasteiger partial charge in [-0.05, 0) is 32.0 Å². The summed E-state index contributed by atoms with van der Waals surface area (Å²) >= 11 is 0. The van der Waals surface area contributed by atoms with E-state index >= 15 is 0 Å². The number of hydrogen-bond donors (Lipinski definition) is 0. The van der Waals surface area contributed by atoms with Crippen LogP contribution in [0.4, 0.5) is 4.39 Å². The maximum Gasteiger partial charge on any atom is 0.133 e. The number of ketones is 1. The fourth-order valence-corrected chi connectivity index (χ4v) is 2.51. The molecule has 1 saturated carbocycles. The topological polar surface area (TPSA) is 44.1 Å². The van der Waals surface area contributed by atoms with Crippen LogP contribution in [0.1, 0.15) is 36.8 Å². The highest BCUT2D eigenvalue weighted by Gasteiger charge is 2.22. The fraction of sp³-hybridized carbons (Fsp3) is 0.467. The second kappa shape index (κ2) is 5.94. The first-order valence-electron chi connectivity index (χ1n) is 6.50. The average molecular weight is 260 g/mol. The highest BCUT2D eigenvalue weighted by molar-refractivity contribution is 5.79. The van der Waals surface area contributed by atoms with Crippen molar-refractivity contribution in [2.75, 3.05) is 7.05 Å². The molecule has 19 heavy (non-hydrogen) atoms. The van der Waals surface area contributed by atoms with Crippen LogP contribution in [0.3, 0.4) is 0 Å². The first kappa shape index (κ1) is 13.7. The zero-order chi connectivity index (χ0) is 13.8. The lowest BCUT2D eigenvalue weighted by Crippen LogP contribution is -2.35. The minimum absolute atomic E-state index is 0.328. The van der Waals surface area contributed by atoms with E-state index in [9.17, 15) is 9.18 Å². The Morgan fingerprint density at radius 2 is 2.11 bits per heavy atom. The molecule has 0 unspecified atom stereocenters. The van der Waals surface area contributed by atoms with E-state index < -0.39 is 0 Å². The van der Waals surface area contributed by atoms with Gasteiger partial charge in [0.25, 0.3) is 0 Å². The third kappa shape index (κ3) is 3.39. The van der Waals surface area contributed by atoms with E-state index in [0.717, 1.165) is 12.8 Å². The van der Waals surface area contributed by atoms with Crippen LogP contribution in [-0.4, -0.2) is 23.8 Å². The lowest BCUT2D eigenvalue weighted by Gasteiger charge is -2.30. The van der Waals surface area contributed by atoms with E-state index in [-0.39, 0.29) is 5.82 Å². The number of nitrogens with zero attached hydrogens (tertiary/aromatic N) is 2. The van der Waals surface area contributed by atoms with Crippen molar-refractivity contribution in [3.05, 3.63) is 35.1 Å². The standard InChI is InChI=1S/C15H17FN2O/c1-18(13-4-6-14(19)7-5-13)10-12-3-2-11(9-17)8-15(12)16/h2-3,8,13H,4-7,10H2,1H3. The second-order valence-corrected chi connectivity index (χ2v) is 5.10. The van der Waals surface area contributed by atoms with Crippen molar-refractivity contribution >= 4 is 5.78 Å². The maximum absolute atomic E-state index is 13.8. The summed E-state index contributed by atoms with van der Waals surface area (Å²) in [5, 5.41) is 8.70. The normalized spacial score (nSPS) is 16.6. The van der Waals surface area contributed by atoms with Crippen LogP contribution < -0.4 is 0 Å². The molecule has 1 aliphatic rings. The molecule has 0 aromatic heterocycles. The van der Waals surface area contributed by atoms with Crippen LogP contribution in [0.25, 0.3) is 0 Å². The van der Waals surface area contributed by atoms with Crippen molar-refractivity contribution in [1.82, 2.24) is 4.90 Å². The van der Waals surface area contributed by atoms with Crippen molar-refractivity contribution in [3.8, 4) is 6.07 Å². The molecular weight excluding hydrogens is 243 g/mol. The number of rotatable bonds is 3. The molecule has 0 bridgehead atoms. The van der Waals surface area contributed by atoms with Gasteiger partial charge in [0.05, 0.1) is 11.6 Å². The number of benzene rings is 1. The monoisotopic (exact) mass is 260 g/mol. The molecule has 0 aliphatic heterocycles. The highest BCUT2D eigenvalue weighted by Crippen LogP contribution is 2.22. The minimum Gasteiger partial charge on any atom is -0.300 e. The Balaban J connectivity index is 2.01. The highest BCUT2D eigenvalue weighted by atomic mass is 19.1.